The number of carbonyl (C=O) groups excluding carboxylic acids is 1. The van der Waals surface area contributed by atoms with Crippen LogP contribution >= 0.6 is 0 Å². The number of fused-ring (bicyclic) bond motifs is 1. The van der Waals surface area contributed by atoms with Crippen LogP contribution in [0.5, 0.6) is 0 Å². The molecule has 0 aliphatic heterocycles. The second kappa shape index (κ2) is 4.82. The topological polar surface area (TPSA) is 26.3 Å². The lowest BCUT2D eigenvalue weighted by Crippen LogP contribution is -2.12. The molecule has 2 nitrogen and oxygen atoms in total. The number of hydrogen-bond donors (Lipinski definition) is 0. The number of rotatable bonds is 2. The summed E-state index contributed by atoms with van der Waals surface area (Å²) in [5.41, 5.74) is 1.32. The van der Waals surface area contributed by atoms with Gasteiger partial charge in [-0.2, -0.15) is 0 Å². The molecule has 0 aromatic rings. The largest absolute Gasteiger partial charge is 0.463 e. The maximum absolute atomic E-state index is 11.3. The Hall–Kier alpha value is -0.790. The van der Waals surface area contributed by atoms with Crippen LogP contribution in [-0.4, -0.2) is 12.6 Å². The Morgan fingerprint density at radius 3 is 2.47 bits per heavy atom. The zero-order valence-electron chi connectivity index (χ0n) is 9.50. The van der Waals surface area contributed by atoms with E-state index in [1.54, 1.807) is 6.08 Å². The summed E-state index contributed by atoms with van der Waals surface area (Å²) in [6.45, 7) is 2.33. The van der Waals surface area contributed by atoms with Gasteiger partial charge in [-0.15, -0.1) is 0 Å². The van der Waals surface area contributed by atoms with Crippen molar-refractivity contribution in [2.24, 2.45) is 11.8 Å². The molecular weight excluding hydrogens is 188 g/mol. The first-order valence-electron chi connectivity index (χ1n) is 6.15. The molecule has 0 heterocycles. The molecule has 15 heavy (non-hydrogen) atoms. The lowest BCUT2D eigenvalue weighted by molar-refractivity contribution is -0.137. The van der Waals surface area contributed by atoms with Crippen LogP contribution in [0.25, 0.3) is 0 Å². The molecule has 2 saturated carbocycles. The molecule has 0 bridgehead atoms. The molecule has 0 aromatic carbocycles. The fourth-order valence-corrected chi connectivity index (χ4v) is 3.05. The summed E-state index contributed by atoms with van der Waals surface area (Å²) in [5.74, 6) is 1.57. The van der Waals surface area contributed by atoms with Crippen molar-refractivity contribution in [1.82, 2.24) is 0 Å². The summed E-state index contributed by atoms with van der Waals surface area (Å²) in [4.78, 5) is 11.3. The van der Waals surface area contributed by atoms with Crippen molar-refractivity contribution >= 4 is 5.97 Å². The van der Waals surface area contributed by atoms with E-state index in [0.29, 0.717) is 6.61 Å². The first kappa shape index (κ1) is 10.7. The van der Waals surface area contributed by atoms with Crippen molar-refractivity contribution in [3.63, 3.8) is 0 Å². The highest BCUT2D eigenvalue weighted by atomic mass is 16.5. The van der Waals surface area contributed by atoms with Crippen molar-refractivity contribution in [3.8, 4) is 0 Å². The van der Waals surface area contributed by atoms with Crippen LogP contribution in [0.4, 0.5) is 0 Å². The van der Waals surface area contributed by atoms with E-state index in [-0.39, 0.29) is 5.97 Å². The van der Waals surface area contributed by atoms with Gasteiger partial charge in [0.05, 0.1) is 6.61 Å². The van der Waals surface area contributed by atoms with Crippen molar-refractivity contribution in [3.05, 3.63) is 11.6 Å². The highest BCUT2D eigenvalue weighted by molar-refractivity contribution is 5.82. The fraction of sp³-hybridized carbons (Fsp3) is 0.769. The van der Waals surface area contributed by atoms with Gasteiger partial charge < -0.3 is 4.74 Å². The summed E-state index contributed by atoms with van der Waals surface area (Å²) in [7, 11) is 0. The third-order valence-corrected chi connectivity index (χ3v) is 3.72. The molecule has 84 valence electrons. The predicted molar refractivity (Wildman–Crippen MR) is 59.4 cm³/mol. The molecule has 2 rings (SSSR count). The van der Waals surface area contributed by atoms with E-state index in [0.717, 1.165) is 24.7 Å². The normalized spacial score (nSPS) is 32.7. The zero-order valence-corrected chi connectivity index (χ0v) is 9.50. The first-order chi connectivity index (χ1) is 7.29. The molecule has 0 spiro atoms. The van der Waals surface area contributed by atoms with Crippen molar-refractivity contribution in [1.29, 1.82) is 0 Å². The highest BCUT2D eigenvalue weighted by Gasteiger charge is 2.32. The average Bonchev–Trinajstić information content (AvgIpc) is 2.59. The predicted octanol–water partition coefficient (Wildman–Crippen LogP) is 3.08. The average molecular weight is 208 g/mol. The standard InChI is InChI=1S/C13H20O2/c1-2-15-13(14)9-10-7-11-5-3-4-6-12(11)8-10/h9,11-12H,2-8H2,1H3/t11-,12+. The number of ether oxygens (including phenoxy) is 1. The van der Waals surface area contributed by atoms with E-state index in [9.17, 15) is 4.79 Å². The molecule has 0 amide bonds. The van der Waals surface area contributed by atoms with Gasteiger partial charge in [0.2, 0.25) is 0 Å². The van der Waals surface area contributed by atoms with Gasteiger partial charge >= 0.3 is 5.97 Å². The Labute approximate surface area is 91.7 Å². The molecule has 2 aliphatic carbocycles. The lowest BCUT2D eigenvalue weighted by Gasteiger charge is -2.23. The van der Waals surface area contributed by atoms with Gasteiger partial charge in [-0.1, -0.05) is 18.4 Å². The third kappa shape index (κ3) is 2.61. The lowest BCUT2D eigenvalue weighted by atomic mass is 9.82. The Morgan fingerprint density at radius 1 is 1.33 bits per heavy atom. The quantitative estimate of drug-likeness (QED) is 0.515. The second-order valence-electron chi connectivity index (χ2n) is 4.77. The first-order valence-corrected chi connectivity index (χ1v) is 6.15. The Balaban J connectivity index is 1.93. The summed E-state index contributed by atoms with van der Waals surface area (Å²) in [5, 5.41) is 0. The Bertz CT molecular complexity index is 252. The molecule has 0 N–H and O–H groups in total. The highest BCUT2D eigenvalue weighted by Crippen LogP contribution is 2.44. The van der Waals surface area contributed by atoms with Gasteiger partial charge in [0.15, 0.2) is 0 Å². The van der Waals surface area contributed by atoms with Gasteiger partial charge in [-0.05, 0) is 44.4 Å². The van der Waals surface area contributed by atoms with E-state index < -0.39 is 0 Å². The summed E-state index contributed by atoms with van der Waals surface area (Å²) >= 11 is 0. The van der Waals surface area contributed by atoms with Crippen molar-refractivity contribution in [2.75, 3.05) is 6.61 Å². The summed E-state index contributed by atoms with van der Waals surface area (Å²) < 4.78 is 4.94. The number of esters is 1. The number of hydrogen-bond acceptors (Lipinski definition) is 2. The Morgan fingerprint density at radius 2 is 1.93 bits per heavy atom. The molecule has 2 heteroatoms. The van der Waals surface area contributed by atoms with E-state index in [1.807, 2.05) is 6.92 Å². The van der Waals surface area contributed by atoms with Gasteiger partial charge in [-0.3, -0.25) is 0 Å². The van der Waals surface area contributed by atoms with Crippen LogP contribution in [0, 0.1) is 11.8 Å². The van der Waals surface area contributed by atoms with Gasteiger partial charge in [0, 0.05) is 6.08 Å². The van der Waals surface area contributed by atoms with Crippen LogP contribution < -0.4 is 0 Å². The summed E-state index contributed by atoms with van der Waals surface area (Å²) in [6, 6.07) is 0. The molecule has 0 saturated heterocycles. The van der Waals surface area contributed by atoms with E-state index >= 15 is 0 Å². The zero-order chi connectivity index (χ0) is 10.7. The number of allylic oxidation sites excluding steroid dienone is 1. The van der Waals surface area contributed by atoms with Crippen LogP contribution in [0.2, 0.25) is 0 Å². The molecule has 2 atom stereocenters. The van der Waals surface area contributed by atoms with Gasteiger partial charge in [0.25, 0.3) is 0 Å². The molecule has 0 unspecified atom stereocenters. The van der Waals surface area contributed by atoms with Gasteiger partial charge in [0.1, 0.15) is 0 Å². The SMILES string of the molecule is CCOC(=O)C=C1C[C@H]2CCCC[C@H]2C1. The maximum Gasteiger partial charge on any atom is 0.330 e. The van der Waals surface area contributed by atoms with Crippen LogP contribution in [0.15, 0.2) is 11.6 Å². The van der Waals surface area contributed by atoms with Crippen molar-refractivity contribution in [2.45, 2.75) is 45.4 Å². The molecular formula is C13H20O2. The molecule has 0 radical (unpaired) electrons. The number of carbonyl (C=O) groups is 1. The van der Waals surface area contributed by atoms with E-state index in [4.69, 9.17) is 4.74 Å². The Kier molecular flexibility index (Phi) is 3.45. The monoisotopic (exact) mass is 208 g/mol. The van der Waals surface area contributed by atoms with Gasteiger partial charge in [-0.25, -0.2) is 4.79 Å². The summed E-state index contributed by atoms with van der Waals surface area (Å²) in [6.07, 6.45) is 9.52. The second-order valence-corrected chi connectivity index (χ2v) is 4.77. The van der Waals surface area contributed by atoms with Crippen LogP contribution in [0.1, 0.15) is 45.4 Å². The molecule has 2 fully saturated rings. The minimum Gasteiger partial charge on any atom is -0.463 e. The van der Waals surface area contributed by atoms with Crippen LogP contribution in [-0.2, 0) is 9.53 Å². The maximum atomic E-state index is 11.3. The minimum atomic E-state index is -0.147. The van der Waals surface area contributed by atoms with E-state index in [2.05, 4.69) is 0 Å². The van der Waals surface area contributed by atoms with Crippen LogP contribution in [0.3, 0.4) is 0 Å². The third-order valence-electron chi connectivity index (χ3n) is 3.72. The minimum absolute atomic E-state index is 0.147. The van der Waals surface area contributed by atoms with Crippen molar-refractivity contribution < 1.29 is 9.53 Å². The van der Waals surface area contributed by atoms with E-state index in [1.165, 1.54) is 31.3 Å². The molecule has 2 aliphatic rings. The fourth-order valence-electron chi connectivity index (χ4n) is 3.05. The molecule has 0 aromatic heterocycles. The smallest absolute Gasteiger partial charge is 0.330 e.